The molecule has 0 bridgehead atoms. The summed E-state index contributed by atoms with van der Waals surface area (Å²) in [5.41, 5.74) is 2.24. The van der Waals surface area contributed by atoms with Crippen LogP contribution in [-0.2, 0) is 0 Å². The molecule has 1 aliphatic rings. The predicted molar refractivity (Wildman–Crippen MR) is 67.5 cm³/mol. The molecule has 0 saturated heterocycles. The summed E-state index contributed by atoms with van der Waals surface area (Å²) in [6.45, 7) is 6.35. The van der Waals surface area contributed by atoms with Crippen LogP contribution in [0.4, 0.5) is 0 Å². The Morgan fingerprint density at radius 2 is 2.24 bits per heavy atom. The molecule has 0 radical (unpaired) electrons. The molecule has 92 valence electrons. The van der Waals surface area contributed by atoms with E-state index >= 15 is 0 Å². The molecule has 3 heteroatoms. The molecule has 3 unspecified atom stereocenters. The first-order valence-corrected chi connectivity index (χ1v) is 6.58. The van der Waals surface area contributed by atoms with E-state index in [2.05, 4.69) is 35.8 Å². The molecule has 0 aromatic carbocycles. The van der Waals surface area contributed by atoms with Gasteiger partial charge in [-0.25, -0.2) is 0 Å². The van der Waals surface area contributed by atoms with Gasteiger partial charge in [-0.2, -0.15) is 10.4 Å². The third kappa shape index (κ3) is 2.36. The maximum atomic E-state index is 9.29. The molecule has 17 heavy (non-hydrogen) atoms. The van der Waals surface area contributed by atoms with Crippen LogP contribution in [0.15, 0.2) is 6.07 Å². The molecule has 1 heterocycles. The van der Waals surface area contributed by atoms with Gasteiger partial charge in [0.05, 0.1) is 23.7 Å². The van der Waals surface area contributed by atoms with E-state index in [4.69, 9.17) is 0 Å². The minimum absolute atomic E-state index is 0.135. The minimum atomic E-state index is 0.135. The first-order chi connectivity index (χ1) is 8.15. The van der Waals surface area contributed by atoms with Crippen LogP contribution in [0.25, 0.3) is 0 Å². The molecule has 1 fully saturated rings. The van der Waals surface area contributed by atoms with E-state index in [1.807, 2.05) is 6.92 Å². The fraction of sp³-hybridized carbons (Fsp3) is 0.714. The summed E-state index contributed by atoms with van der Waals surface area (Å²) in [6, 6.07) is 4.86. The molecular formula is C14H21N3. The lowest BCUT2D eigenvalue weighted by atomic mass is 9.78. The molecule has 1 aromatic heterocycles. The van der Waals surface area contributed by atoms with Crippen molar-refractivity contribution in [1.29, 1.82) is 5.26 Å². The summed E-state index contributed by atoms with van der Waals surface area (Å²) in [7, 11) is 0. The van der Waals surface area contributed by atoms with Crippen molar-refractivity contribution in [3.63, 3.8) is 0 Å². The van der Waals surface area contributed by atoms with Gasteiger partial charge in [0.1, 0.15) is 0 Å². The fourth-order valence-corrected chi connectivity index (χ4v) is 3.00. The van der Waals surface area contributed by atoms with Gasteiger partial charge in [-0.1, -0.05) is 13.3 Å². The lowest BCUT2D eigenvalue weighted by Crippen LogP contribution is -2.28. The molecule has 1 aromatic rings. The number of nitrogens with zero attached hydrogens (tertiary/aromatic N) is 3. The van der Waals surface area contributed by atoms with Crippen molar-refractivity contribution < 1.29 is 0 Å². The van der Waals surface area contributed by atoms with Gasteiger partial charge in [0.25, 0.3) is 0 Å². The van der Waals surface area contributed by atoms with Gasteiger partial charge < -0.3 is 0 Å². The summed E-state index contributed by atoms with van der Waals surface area (Å²) in [6.07, 6.45) is 4.55. The highest BCUT2D eigenvalue weighted by Gasteiger charge is 2.32. The molecule has 0 spiro atoms. The Kier molecular flexibility index (Phi) is 3.51. The Morgan fingerprint density at radius 1 is 1.47 bits per heavy atom. The zero-order chi connectivity index (χ0) is 12.4. The summed E-state index contributed by atoms with van der Waals surface area (Å²) < 4.78 is 2.09. The number of aromatic nitrogens is 2. The van der Waals surface area contributed by atoms with Crippen LogP contribution in [0.2, 0.25) is 0 Å². The molecule has 3 nitrogen and oxygen atoms in total. The molecule has 1 aliphatic carbocycles. The summed E-state index contributed by atoms with van der Waals surface area (Å²) in [5, 5.41) is 13.9. The van der Waals surface area contributed by atoms with E-state index in [1.54, 1.807) is 0 Å². The van der Waals surface area contributed by atoms with E-state index in [0.717, 1.165) is 24.5 Å². The SMILES string of the molecule is CCC1CCC(C#N)C(n2nc(C)cc2C)C1. The minimum Gasteiger partial charge on any atom is -0.265 e. The van der Waals surface area contributed by atoms with Crippen LogP contribution in [0.1, 0.15) is 50.0 Å². The van der Waals surface area contributed by atoms with Crippen molar-refractivity contribution in [2.45, 2.75) is 52.5 Å². The summed E-state index contributed by atoms with van der Waals surface area (Å²) >= 11 is 0. The number of aryl methyl sites for hydroxylation is 2. The third-order valence-corrected chi connectivity index (χ3v) is 4.03. The lowest BCUT2D eigenvalue weighted by Gasteiger charge is -2.33. The van der Waals surface area contributed by atoms with Crippen LogP contribution in [0.3, 0.4) is 0 Å². The van der Waals surface area contributed by atoms with Crippen LogP contribution < -0.4 is 0 Å². The van der Waals surface area contributed by atoms with Gasteiger partial charge in [-0.05, 0) is 45.1 Å². The standard InChI is InChI=1S/C14H21N3/c1-4-12-5-6-13(9-15)14(8-12)17-11(3)7-10(2)16-17/h7,12-14H,4-6,8H2,1-3H3. The first-order valence-electron chi connectivity index (χ1n) is 6.58. The number of nitriles is 1. The monoisotopic (exact) mass is 231 g/mol. The topological polar surface area (TPSA) is 41.6 Å². The fourth-order valence-electron chi connectivity index (χ4n) is 3.00. The Morgan fingerprint density at radius 3 is 2.76 bits per heavy atom. The molecule has 1 saturated carbocycles. The van der Waals surface area contributed by atoms with E-state index in [1.165, 1.54) is 18.5 Å². The van der Waals surface area contributed by atoms with Crippen molar-refractivity contribution in [1.82, 2.24) is 9.78 Å². The van der Waals surface area contributed by atoms with E-state index in [-0.39, 0.29) is 12.0 Å². The van der Waals surface area contributed by atoms with Crippen molar-refractivity contribution in [3.05, 3.63) is 17.5 Å². The molecular weight excluding hydrogens is 210 g/mol. The Labute approximate surface area is 103 Å². The molecule has 2 rings (SSSR count). The van der Waals surface area contributed by atoms with Crippen molar-refractivity contribution in [3.8, 4) is 6.07 Å². The second-order valence-electron chi connectivity index (χ2n) is 5.26. The maximum Gasteiger partial charge on any atom is 0.0688 e. The Hall–Kier alpha value is -1.30. The third-order valence-electron chi connectivity index (χ3n) is 4.03. The molecule has 0 amide bonds. The van der Waals surface area contributed by atoms with Crippen molar-refractivity contribution in [2.24, 2.45) is 11.8 Å². The van der Waals surface area contributed by atoms with Gasteiger partial charge in [0.15, 0.2) is 0 Å². The first kappa shape index (κ1) is 12.2. The second kappa shape index (κ2) is 4.91. The quantitative estimate of drug-likeness (QED) is 0.783. The average Bonchev–Trinajstić information content (AvgIpc) is 2.67. The van der Waals surface area contributed by atoms with Crippen LogP contribution in [-0.4, -0.2) is 9.78 Å². The van der Waals surface area contributed by atoms with E-state index in [9.17, 15) is 5.26 Å². The average molecular weight is 231 g/mol. The zero-order valence-electron chi connectivity index (χ0n) is 11.0. The van der Waals surface area contributed by atoms with E-state index < -0.39 is 0 Å². The summed E-state index contributed by atoms with van der Waals surface area (Å²) in [4.78, 5) is 0. The highest BCUT2D eigenvalue weighted by molar-refractivity contribution is 5.09. The van der Waals surface area contributed by atoms with Gasteiger partial charge in [0.2, 0.25) is 0 Å². The van der Waals surface area contributed by atoms with Gasteiger partial charge in [-0.15, -0.1) is 0 Å². The molecule has 0 aliphatic heterocycles. The van der Waals surface area contributed by atoms with Gasteiger partial charge in [0, 0.05) is 5.69 Å². The summed E-state index contributed by atoms with van der Waals surface area (Å²) in [5.74, 6) is 0.893. The van der Waals surface area contributed by atoms with Crippen molar-refractivity contribution >= 4 is 0 Å². The van der Waals surface area contributed by atoms with Gasteiger partial charge >= 0.3 is 0 Å². The largest absolute Gasteiger partial charge is 0.265 e. The van der Waals surface area contributed by atoms with E-state index in [0.29, 0.717) is 0 Å². The highest BCUT2D eigenvalue weighted by atomic mass is 15.3. The number of rotatable bonds is 2. The van der Waals surface area contributed by atoms with Crippen LogP contribution in [0.5, 0.6) is 0 Å². The second-order valence-corrected chi connectivity index (χ2v) is 5.26. The van der Waals surface area contributed by atoms with Crippen LogP contribution in [0, 0.1) is 37.0 Å². The molecule has 0 N–H and O–H groups in total. The Balaban J connectivity index is 2.27. The smallest absolute Gasteiger partial charge is 0.0688 e. The maximum absolute atomic E-state index is 9.29. The normalized spacial score (nSPS) is 28.9. The lowest BCUT2D eigenvalue weighted by molar-refractivity contribution is 0.201. The van der Waals surface area contributed by atoms with Crippen molar-refractivity contribution in [2.75, 3.05) is 0 Å². The predicted octanol–water partition coefficient (Wildman–Crippen LogP) is 3.39. The zero-order valence-corrected chi connectivity index (χ0v) is 11.0. The Bertz CT molecular complexity index is 427. The van der Waals surface area contributed by atoms with Gasteiger partial charge in [-0.3, -0.25) is 4.68 Å². The number of hydrogen-bond donors (Lipinski definition) is 0. The number of hydrogen-bond acceptors (Lipinski definition) is 2. The highest BCUT2D eigenvalue weighted by Crippen LogP contribution is 2.38. The molecule has 3 atom stereocenters. The van der Waals surface area contributed by atoms with Crippen LogP contribution >= 0.6 is 0 Å².